The molecule has 0 radical (unpaired) electrons. The number of fused-ring (bicyclic) bond motifs is 1. The number of benzene rings is 1. The molecule has 1 aromatic rings. The first-order valence-corrected chi connectivity index (χ1v) is 4.72. The first kappa shape index (κ1) is 8.55. The van der Waals surface area contributed by atoms with Crippen LogP contribution in [0.15, 0.2) is 18.2 Å². The van der Waals surface area contributed by atoms with Gasteiger partial charge in [0.2, 0.25) is 12.7 Å². The van der Waals surface area contributed by atoms with Crippen LogP contribution in [0.25, 0.3) is 0 Å². The molecule has 15 heavy (non-hydrogen) atoms. The number of carbonyl (C=O) groups is 1. The summed E-state index contributed by atoms with van der Waals surface area (Å²) in [5.41, 5.74) is 6.33. The Labute approximate surface area is 86.4 Å². The maximum Gasteiger partial charge on any atom is 0.245 e. The van der Waals surface area contributed by atoms with Gasteiger partial charge >= 0.3 is 0 Å². The van der Waals surface area contributed by atoms with E-state index < -0.39 is 0 Å². The van der Waals surface area contributed by atoms with Crippen molar-refractivity contribution in [2.24, 2.45) is 5.73 Å². The van der Waals surface area contributed by atoms with E-state index in [9.17, 15) is 4.79 Å². The highest BCUT2D eigenvalue weighted by molar-refractivity contribution is 6.04. The van der Waals surface area contributed by atoms with Gasteiger partial charge in [0.1, 0.15) is 6.04 Å². The van der Waals surface area contributed by atoms with Gasteiger partial charge in [-0.15, -0.1) is 0 Å². The molecule has 5 nitrogen and oxygen atoms in total. The average Bonchev–Trinajstić information content (AvgIpc) is 2.72. The zero-order valence-electron chi connectivity index (χ0n) is 7.97. The van der Waals surface area contributed by atoms with Crippen molar-refractivity contribution < 1.29 is 14.3 Å². The van der Waals surface area contributed by atoms with Crippen LogP contribution in [0.4, 0.5) is 5.69 Å². The molecular formula is C10H10N2O3. The topological polar surface area (TPSA) is 64.8 Å². The Kier molecular flexibility index (Phi) is 1.63. The molecule has 2 aliphatic rings. The second kappa shape index (κ2) is 2.87. The summed E-state index contributed by atoms with van der Waals surface area (Å²) >= 11 is 0. The minimum Gasteiger partial charge on any atom is -0.454 e. The van der Waals surface area contributed by atoms with Crippen LogP contribution in [-0.2, 0) is 4.79 Å². The number of carbonyl (C=O) groups excluding carboxylic acids is 1. The number of hydrogen-bond acceptors (Lipinski definition) is 4. The van der Waals surface area contributed by atoms with Crippen LogP contribution in [0, 0.1) is 0 Å². The summed E-state index contributed by atoms with van der Waals surface area (Å²) < 4.78 is 10.4. The molecule has 1 fully saturated rings. The lowest BCUT2D eigenvalue weighted by molar-refractivity contribution is -0.123. The summed E-state index contributed by atoms with van der Waals surface area (Å²) in [5.74, 6) is 1.35. The molecule has 0 saturated carbocycles. The van der Waals surface area contributed by atoms with Crippen molar-refractivity contribution in [2.45, 2.75) is 6.04 Å². The van der Waals surface area contributed by atoms with Crippen molar-refractivity contribution in [3.05, 3.63) is 18.2 Å². The summed E-state index contributed by atoms with van der Waals surface area (Å²) in [6, 6.07) is 5.08. The first-order valence-electron chi connectivity index (χ1n) is 4.72. The Balaban J connectivity index is 1.91. The molecule has 2 heterocycles. The Bertz CT molecular complexity index is 433. The van der Waals surface area contributed by atoms with E-state index >= 15 is 0 Å². The van der Waals surface area contributed by atoms with Crippen LogP contribution in [-0.4, -0.2) is 25.3 Å². The van der Waals surface area contributed by atoms with Gasteiger partial charge in [-0.1, -0.05) is 0 Å². The SMILES string of the molecule is NC1CN(c2ccc3c(c2)OCO3)C1=O. The second-order valence-corrected chi connectivity index (χ2v) is 3.59. The van der Waals surface area contributed by atoms with Gasteiger partial charge in [0.05, 0.1) is 6.54 Å². The number of β-lactam (4-membered cyclic amide) rings is 1. The van der Waals surface area contributed by atoms with Crippen LogP contribution in [0.1, 0.15) is 0 Å². The quantitative estimate of drug-likeness (QED) is 0.661. The van der Waals surface area contributed by atoms with Gasteiger partial charge in [-0.05, 0) is 12.1 Å². The highest BCUT2D eigenvalue weighted by Gasteiger charge is 2.35. The van der Waals surface area contributed by atoms with Gasteiger partial charge in [-0.2, -0.15) is 0 Å². The Morgan fingerprint density at radius 2 is 2.13 bits per heavy atom. The minimum atomic E-state index is -0.351. The minimum absolute atomic E-state index is 0.0473. The first-order chi connectivity index (χ1) is 7.25. The Morgan fingerprint density at radius 3 is 2.87 bits per heavy atom. The lowest BCUT2D eigenvalue weighted by atomic mass is 10.1. The molecule has 1 aromatic carbocycles. The fraction of sp³-hybridized carbons (Fsp3) is 0.300. The monoisotopic (exact) mass is 206 g/mol. The predicted octanol–water partition coefficient (Wildman–Crippen LogP) is 0.0892. The maximum absolute atomic E-state index is 11.4. The summed E-state index contributed by atoms with van der Waals surface area (Å²) in [5, 5.41) is 0. The zero-order valence-corrected chi connectivity index (χ0v) is 7.97. The normalized spacial score (nSPS) is 22.9. The number of hydrogen-bond donors (Lipinski definition) is 1. The molecule has 5 heteroatoms. The third-order valence-corrected chi connectivity index (χ3v) is 2.63. The van der Waals surface area contributed by atoms with Crippen molar-refractivity contribution >= 4 is 11.6 Å². The smallest absolute Gasteiger partial charge is 0.245 e. The van der Waals surface area contributed by atoms with E-state index in [1.807, 2.05) is 6.07 Å². The summed E-state index contributed by atoms with van der Waals surface area (Å²) in [6.07, 6.45) is 0. The molecule has 78 valence electrons. The fourth-order valence-electron chi connectivity index (χ4n) is 1.74. The number of rotatable bonds is 1. The van der Waals surface area contributed by atoms with Gasteiger partial charge in [-0.3, -0.25) is 4.79 Å². The van der Waals surface area contributed by atoms with Crippen LogP contribution in [0.5, 0.6) is 11.5 Å². The summed E-state index contributed by atoms with van der Waals surface area (Å²) in [7, 11) is 0. The van der Waals surface area contributed by atoms with Gasteiger partial charge in [-0.25, -0.2) is 0 Å². The average molecular weight is 206 g/mol. The summed E-state index contributed by atoms with van der Waals surface area (Å²) in [4.78, 5) is 13.0. The van der Waals surface area contributed by atoms with Gasteiger partial charge in [0, 0.05) is 11.8 Å². The van der Waals surface area contributed by atoms with E-state index in [0.29, 0.717) is 12.3 Å². The molecule has 1 unspecified atom stereocenters. The maximum atomic E-state index is 11.4. The van der Waals surface area contributed by atoms with E-state index in [1.165, 1.54) is 0 Å². The third kappa shape index (κ3) is 1.16. The van der Waals surface area contributed by atoms with Crippen LogP contribution >= 0.6 is 0 Å². The van der Waals surface area contributed by atoms with Crippen LogP contribution in [0.2, 0.25) is 0 Å². The number of anilines is 1. The van der Waals surface area contributed by atoms with Crippen molar-refractivity contribution in [1.29, 1.82) is 0 Å². The Hall–Kier alpha value is -1.75. The molecule has 2 N–H and O–H groups in total. The van der Waals surface area contributed by atoms with E-state index in [-0.39, 0.29) is 18.7 Å². The Morgan fingerprint density at radius 1 is 1.33 bits per heavy atom. The predicted molar refractivity (Wildman–Crippen MR) is 52.9 cm³/mol. The van der Waals surface area contributed by atoms with Crippen molar-refractivity contribution in [1.82, 2.24) is 0 Å². The highest BCUT2D eigenvalue weighted by Crippen LogP contribution is 2.36. The van der Waals surface area contributed by atoms with E-state index in [0.717, 1.165) is 11.4 Å². The van der Waals surface area contributed by atoms with Gasteiger partial charge in [0.15, 0.2) is 11.5 Å². The lowest BCUT2D eigenvalue weighted by Crippen LogP contribution is -2.61. The second-order valence-electron chi connectivity index (χ2n) is 3.59. The summed E-state index contributed by atoms with van der Waals surface area (Å²) in [6.45, 7) is 0.810. The molecule has 0 aliphatic carbocycles. The molecule has 0 bridgehead atoms. The van der Waals surface area contributed by atoms with Crippen molar-refractivity contribution in [3.8, 4) is 11.5 Å². The molecular weight excluding hydrogens is 196 g/mol. The van der Waals surface area contributed by atoms with E-state index in [2.05, 4.69) is 0 Å². The van der Waals surface area contributed by atoms with Crippen molar-refractivity contribution in [3.63, 3.8) is 0 Å². The fourth-order valence-corrected chi connectivity index (χ4v) is 1.74. The van der Waals surface area contributed by atoms with Crippen molar-refractivity contribution in [2.75, 3.05) is 18.2 Å². The van der Waals surface area contributed by atoms with Crippen LogP contribution < -0.4 is 20.1 Å². The van der Waals surface area contributed by atoms with E-state index in [1.54, 1.807) is 17.0 Å². The largest absolute Gasteiger partial charge is 0.454 e. The molecule has 0 aromatic heterocycles. The number of nitrogens with zero attached hydrogens (tertiary/aromatic N) is 1. The van der Waals surface area contributed by atoms with Crippen LogP contribution in [0.3, 0.4) is 0 Å². The number of ether oxygens (including phenoxy) is 2. The number of amides is 1. The standard InChI is InChI=1S/C10H10N2O3/c11-7-4-12(10(7)13)6-1-2-8-9(3-6)15-5-14-8/h1-3,7H,4-5,11H2. The molecule has 1 atom stereocenters. The van der Waals surface area contributed by atoms with Gasteiger partial charge in [0.25, 0.3) is 0 Å². The number of nitrogens with two attached hydrogens (primary N) is 1. The molecule has 1 amide bonds. The molecule has 2 aliphatic heterocycles. The molecule has 1 saturated heterocycles. The lowest BCUT2D eigenvalue weighted by Gasteiger charge is -2.36. The molecule has 3 rings (SSSR count). The zero-order chi connectivity index (χ0) is 10.4. The molecule has 0 spiro atoms. The highest BCUT2D eigenvalue weighted by atomic mass is 16.7. The third-order valence-electron chi connectivity index (χ3n) is 2.63. The van der Waals surface area contributed by atoms with Gasteiger partial charge < -0.3 is 20.1 Å². The van der Waals surface area contributed by atoms with E-state index in [4.69, 9.17) is 15.2 Å².